The van der Waals surface area contributed by atoms with Gasteiger partial charge in [-0.1, -0.05) is 54.6 Å². The van der Waals surface area contributed by atoms with Gasteiger partial charge in [0.2, 0.25) is 6.41 Å². The van der Waals surface area contributed by atoms with Gasteiger partial charge >= 0.3 is 5.97 Å². The third-order valence-corrected chi connectivity index (χ3v) is 4.67. The molecule has 25 heavy (non-hydrogen) atoms. The number of rotatable bonds is 6. The number of carbonyl (C=O) groups is 2. The second-order valence-corrected chi connectivity index (χ2v) is 6.16. The average molecular weight is 351 g/mol. The highest BCUT2D eigenvalue weighted by Gasteiger charge is 2.21. The number of nitrogens with one attached hydrogen (secondary N) is 1. The van der Waals surface area contributed by atoms with Crippen LogP contribution in [0.5, 0.6) is 0 Å². The molecule has 0 unspecified atom stereocenters. The molecule has 0 aliphatic heterocycles. The van der Waals surface area contributed by atoms with E-state index in [0.29, 0.717) is 17.0 Å². The fourth-order valence-corrected chi connectivity index (χ4v) is 3.53. The van der Waals surface area contributed by atoms with Gasteiger partial charge in [-0.05, 0) is 23.6 Å². The van der Waals surface area contributed by atoms with Gasteiger partial charge in [-0.15, -0.1) is 11.3 Å². The summed E-state index contributed by atoms with van der Waals surface area (Å²) in [5.74, 6) is -0.435. The van der Waals surface area contributed by atoms with Crippen LogP contribution in [0.1, 0.15) is 17.3 Å². The van der Waals surface area contributed by atoms with Crippen molar-refractivity contribution < 1.29 is 14.3 Å². The molecule has 0 atom stereocenters. The molecule has 0 aliphatic carbocycles. The van der Waals surface area contributed by atoms with Crippen LogP contribution in [-0.4, -0.2) is 19.0 Å². The number of hydrogen-bond acceptors (Lipinski definition) is 4. The second kappa shape index (κ2) is 7.77. The third kappa shape index (κ3) is 3.61. The number of ether oxygens (including phenoxy) is 1. The summed E-state index contributed by atoms with van der Waals surface area (Å²) >= 11 is 1.31. The van der Waals surface area contributed by atoms with Gasteiger partial charge in [0.25, 0.3) is 0 Å². The van der Waals surface area contributed by atoms with E-state index in [1.54, 1.807) is 6.92 Å². The Hall–Kier alpha value is -2.92. The largest absolute Gasteiger partial charge is 0.462 e. The van der Waals surface area contributed by atoms with Gasteiger partial charge in [0.05, 0.1) is 6.61 Å². The molecule has 0 fully saturated rings. The number of benzene rings is 2. The number of hydrogen-bond donors (Lipinski definition) is 1. The van der Waals surface area contributed by atoms with Gasteiger partial charge in [0.1, 0.15) is 10.6 Å². The van der Waals surface area contributed by atoms with Gasteiger partial charge in [-0.25, -0.2) is 4.79 Å². The monoisotopic (exact) mass is 351 g/mol. The smallest absolute Gasteiger partial charge is 0.341 e. The topological polar surface area (TPSA) is 55.4 Å². The molecule has 4 nitrogen and oxygen atoms in total. The summed E-state index contributed by atoms with van der Waals surface area (Å²) in [7, 11) is 0. The normalized spacial score (nSPS) is 10.3. The van der Waals surface area contributed by atoms with Crippen molar-refractivity contribution in [2.45, 2.75) is 6.92 Å². The summed E-state index contributed by atoms with van der Waals surface area (Å²) in [6, 6.07) is 18.1. The molecule has 0 spiro atoms. The molecule has 3 rings (SSSR count). The molecular weight excluding hydrogens is 334 g/mol. The first-order valence-electron chi connectivity index (χ1n) is 7.89. The van der Waals surface area contributed by atoms with Crippen LogP contribution in [-0.2, 0) is 9.53 Å². The maximum atomic E-state index is 12.3. The molecule has 0 saturated heterocycles. The maximum absolute atomic E-state index is 12.3. The molecule has 0 radical (unpaired) electrons. The first-order chi connectivity index (χ1) is 12.2. The summed E-state index contributed by atoms with van der Waals surface area (Å²) in [5.41, 5.74) is 4.29. The average Bonchev–Trinajstić information content (AvgIpc) is 3.07. The van der Waals surface area contributed by atoms with Crippen molar-refractivity contribution in [1.82, 2.24) is 0 Å². The van der Waals surface area contributed by atoms with Crippen LogP contribution in [0, 0.1) is 0 Å². The van der Waals surface area contributed by atoms with E-state index in [4.69, 9.17) is 4.74 Å². The summed E-state index contributed by atoms with van der Waals surface area (Å²) in [5, 5.41) is 4.93. The fraction of sp³-hybridized carbons (Fsp3) is 0.100. The Kier molecular flexibility index (Phi) is 5.26. The van der Waals surface area contributed by atoms with Crippen LogP contribution < -0.4 is 5.32 Å². The van der Waals surface area contributed by atoms with Crippen LogP contribution in [0.3, 0.4) is 0 Å². The SMILES string of the molecule is CCOC(=O)c1c(-c2ccc(-c3ccccc3)cc2)csc1NC=O. The molecule has 1 heterocycles. The maximum Gasteiger partial charge on any atom is 0.341 e. The number of amides is 1. The van der Waals surface area contributed by atoms with E-state index in [1.807, 2.05) is 47.8 Å². The molecule has 0 saturated carbocycles. The zero-order chi connectivity index (χ0) is 17.6. The second-order valence-electron chi connectivity index (χ2n) is 5.28. The quantitative estimate of drug-likeness (QED) is 0.511. The van der Waals surface area contributed by atoms with Crippen LogP contribution >= 0.6 is 11.3 Å². The van der Waals surface area contributed by atoms with Crippen LogP contribution in [0.4, 0.5) is 5.00 Å². The molecule has 1 amide bonds. The summed E-state index contributed by atoms with van der Waals surface area (Å²) in [6.07, 6.45) is 0.566. The number of anilines is 1. The van der Waals surface area contributed by atoms with Crippen molar-refractivity contribution in [2.24, 2.45) is 0 Å². The van der Waals surface area contributed by atoms with Crippen molar-refractivity contribution in [2.75, 3.05) is 11.9 Å². The highest BCUT2D eigenvalue weighted by molar-refractivity contribution is 7.15. The minimum Gasteiger partial charge on any atom is -0.462 e. The van der Waals surface area contributed by atoms with Crippen molar-refractivity contribution in [1.29, 1.82) is 0 Å². The zero-order valence-electron chi connectivity index (χ0n) is 13.7. The van der Waals surface area contributed by atoms with E-state index in [2.05, 4.69) is 17.4 Å². The molecule has 0 bridgehead atoms. The Balaban J connectivity index is 1.98. The van der Waals surface area contributed by atoms with Crippen molar-refractivity contribution >= 4 is 28.7 Å². The standard InChI is InChI=1S/C20H17NO3S/c1-2-24-20(23)18-17(12-25-19(18)21-13-22)16-10-8-15(9-11-16)14-6-4-3-5-7-14/h3-13H,2H2,1H3,(H,21,22). The van der Waals surface area contributed by atoms with E-state index >= 15 is 0 Å². The molecular formula is C20H17NO3S. The molecule has 0 aliphatic rings. The first-order valence-corrected chi connectivity index (χ1v) is 8.77. The third-order valence-electron chi connectivity index (χ3n) is 3.76. The number of esters is 1. The van der Waals surface area contributed by atoms with Crippen molar-refractivity contribution in [3.63, 3.8) is 0 Å². The van der Waals surface area contributed by atoms with Crippen molar-refractivity contribution in [3.05, 3.63) is 65.5 Å². The van der Waals surface area contributed by atoms with Gasteiger partial charge in [0.15, 0.2) is 0 Å². The lowest BCUT2D eigenvalue weighted by Gasteiger charge is -2.08. The van der Waals surface area contributed by atoms with Gasteiger partial charge in [0, 0.05) is 10.9 Å². The van der Waals surface area contributed by atoms with Crippen LogP contribution in [0.25, 0.3) is 22.3 Å². The van der Waals surface area contributed by atoms with Gasteiger partial charge < -0.3 is 10.1 Å². The Morgan fingerprint density at radius 2 is 1.68 bits per heavy atom. The van der Waals surface area contributed by atoms with Crippen LogP contribution in [0.15, 0.2) is 60.0 Å². The molecule has 2 aromatic carbocycles. The van der Waals surface area contributed by atoms with E-state index in [0.717, 1.165) is 22.3 Å². The highest BCUT2D eigenvalue weighted by atomic mass is 32.1. The van der Waals surface area contributed by atoms with E-state index < -0.39 is 5.97 Å². The lowest BCUT2D eigenvalue weighted by Crippen LogP contribution is -2.08. The van der Waals surface area contributed by atoms with E-state index in [1.165, 1.54) is 11.3 Å². The Morgan fingerprint density at radius 3 is 2.32 bits per heavy atom. The van der Waals surface area contributed by atoms with E-state index in [-0.39, 0.29) is 6.61 Å². The lowest BCUT2D eigenvalue weighted by atomic mass is 9.99. The zero-order valence-corrected chi connectivity index (χ0v) is 14.5. The van der Waals surface area contributed by atoms with Crippen LogP contribution in [0.2, 0.25) is 0 Å². The number of thiophene rings is 1. The summed E-state index contributed by atoms with van der Waals surface area (Å²) in [4.78, 5) is 23.1. The Labute approximate surface area is 150 Å². The highest BCUT2D eigenvalue weighted by Crippen LogP contribution is 2.36. The molecule has 5 heteroatoms. The van der Waals surface area contributed by atoms with Gasteiger partial charge in [-0.2, -0.15) is 0 Å². The predicted molar refractivity (Wildman–Crippen MR) is 101 cm³/mol. The Bertz CT molecular complexity index is 870. The number of carbonyl (C=O) groups excluding carboxylic acids is 2. The first kappa shape index (κ1) is 16.9. The van der Waals surface area contributed by atoms with E-state index in [9.17, 15) is 9.59 Å². The molecule has 1 N–H and O–H groups in total. The Morgan fingerprint density at radius 1 is 1.04 bits per heavy atom. The molecule has 126 valence electrons. The fourth-order valence-electron chi connectivity index (χ4n) is 2.61. The predicted octanol–water partition coefficient (Wildman–Crippen LogP) is 4.83. The van der Waals surface area contributed by atoms with Gasteiger partial charge in [-0.3, -0.25) is 4.79 Å². The minimum atomic E-state index is -0.435. The molecule has 3 aromatic rings. The summed E-state index contributed by atoms with van der Waals surface area (Å²) < 4.78 is 5.14. The minimum absolute atomic E-state index is 0.279. The molecule has 1 aromatic heterocycles. The summed E-state index contributed by atoms with van der Waals surface area (Å²) in [6.45, 7) is 2.03. The lowest BCUT2D eigenvalue weighted by molar-refractivity contribution is -0.105. The van der Waals surface area contributed by atoms with Crippen molar-refractivity contribution in [3.8, 4) is 22.3 Å².